The lowest BCUT2D eigenvalue weighted by molar-refractivity contribution is 0.170. The van der Waals surface area contributed by atoms with Crippen LogP contribution in [0, 0.1) is 0 Å². The second-order valence-corrected chi connectivity index (χ2v) is 5.90. The maximum atomic E-state index is 10.7. The lowest BCUT2D eigenvalue weighted by Crippen LogP contribution is -2.32. The minimum atomic E-state index is -1.29. The van der Waals surface area contributed by atoms with E-state index in [2.05, 4.69) is 10.6 Å². The largest absolute Gasteiger partial charge is 0.508 e. The summed E-state index contributed by atoms with van der Waals surface area (Å²) in [5.41, 5.74) is 1.58. The molecule has 25 heavy (non-hydrogen) atoms. The fourth-order valence-electron chi connectivity index (χ4n) is 2.46. The Hall–Kier alpha value is -2.77. The van der Waals surface area contributed by atoms with Gasteiger partial charge in [0.15, 0.2) is 0 Å². The third-order valence-electron chi connectivity index (χ3n) is 3.78. The third-order valence-corrected chi connectivity index (χ3v) is 3.78. The molecule has 0 heterocycles. The molecular weight excluding hydrogens is 324 g/mol. The Kier molecular flexibility index (Phi) is 6.21. The van der Waals surface area contributed by atoms with Gasteiger partial charge in [-0.3, -0.25) is 5.32 Å². The van der Waals surface area contributed by atoms with E-state index in [4.69, 9.17) is 5.11 Å². The summed E-state index contributed by atoms with van der Waals surface area (Å²) in [4.78, 5) is 10.7. The first kappa shape index (κ1) is 18.6. The van der Waals surface area contributed by atoms with E-state index < -0.39 is 12.2 Å². The molecule has 0 fully saturated rings. The van der Waals surface area contributed by atoms with Crippen LogP contribution in [-0.2, 0) is 6.42 Å². The molecule has 2 atom stereocenters. The number of phenolic OH excluding ortho intramolecular Hbond substituents is 2. The summed E-state index contributed by atoms with van der Waals surface area (Å²) in [6.07, 6.45) is -1.41. The number of aliphatic hydroxyl groups excluding tert-OH is 1. The molecule has 2 rings (SSSR count). The van der Waals surface area contributed by atoms with Gasteiger partial charge in [0.2, 0.25) is 0 Å². The first-order valence-electron chi connectivity index (χ1n) is 7.87. The van der Waals surface area contributed by atoms with Crippen molar-refractivity contribution in [3.63, 3.8) is 0 Å². The van der Waals surface area contributed by atoms with Crippen LogP contribution in [0.3, 0.4) is 0 Å². The molecule has 0 radical (unpaired) electrons. The summed E-state index contributed by atoms with van der Waals surface area (Å²) >= 11 is 0. The Balaban J connectivity index is 1.91. The molecule has 2 aromatic carbocycles. The molecule has 0 spiro atoms. The molecule has 0 saturated heterocycles. The van der Waals surface area contributed by atoms with Gasteiger partial charge in [-0.2, -0.15) is 0 Å². The van der Waals surface area contributed by atoms with E-state index >= 15 is 0 Å². The third kappa shape index (κ3) is 5.66. The summed E-state index contributed by atoms with van der Waals surface area (Å²) in [5.74, 6) is 0.0184. The van der Waals surface area contributed by atoms with Gasteiger partial charge in [0.1, 0.15) is 11.5 Å². The smallest absolute Gasteiger partial charge is 0.409 e. The van der Waals surface area contributed by atoms with Crippen molar-refractivity contribution >= 4 is 11.8 Å². The fraction of sp³-hybridized carbons (Fsp3) is 0.278. The number of rotatable bonds is 7. The van der Waals surface area contributed by atoms with Crippen LogP contribution in [0.1, 0.15) is 24.2 Å². The number of carboxylic acid groups (broad SMARTS) is 1. The van der Waals surface area contributed by atoms with E-state index in [0.29, 0.717) is 5.56 Å². The summed E-state index contributed by atoms with van der Waals surface area (Å²) in [5, 5.41) is 43.2. The molecule has 7 nitrogen and oxygen atoms in total. The van der Waals surface area contributed by atoms with Crippen molar-refractivity contribution in [1.29, 1.82) is 0 Å². The Morgan fingerprint density at radius 3 is 2.44 bits per heavy atom. The van der Waals surface area contributed by atoms with Gasteiger partial charge in [-0.05, 0) is 48.7 Å². The highest BCUT2D eigenvalue weighted by Gasteiger charge is 2.13. The normalized spacial score (nSPS) is 13.2. The maximum absolute atomic E-state index is 10.7. The highest BCUT2D eigenvalue weighted by atomic mass is 16.4. The number of phenols is 2. The van der Waals surface area contributed by atoms with E-state index in [1.165, 1.54) is 12.1 Å². The van der Waals surface area contributed by atoms with Crippen molar-refractivity contribution in [2.45, 2.75) is 25.5 Å². The summed E-state index contributed by atoms with van der Waals surface area (Å²) in [6, 6.07) is 11.3. The lowest BCUT2D eigenvalue weighted by atomic mass is 10.1. The zero-order chi connectivity index (χ0) is 18.4. The number of aliphatic hydroxyl groups is 1. The lowest BCUT2D eigenvalue weighted by Gasteiger charge is -2.18. The second kappa shape index (κ2) is 8.36. The molecule has 0 aliphatic carbocycles. The first-order chi connectivity index (χ1) is 11.8. The summed E-state index contributed by atoms with van der Waals surface area (Å²) in [7, 11) is 0. The number of carbonyl (C=O) groups is 1. The molecule has 0 aliphatic heterocycles. The molecule has 134 valence electrons. The molecular formula is C18H22N2O5. The van der Waals surface area contributed by atoms with Crippen LogP contribution in [0.2, 0.25) is 0 Å². The van der Waals surface area contributed by atoms with Gasteiger partial charge in [-0.1, -0.05) is 18.2 Å². The van der Waals surface area contributed by atoms with Crippen molar-refractivity contribution in [2.24, 2.45) is 0 Å². The van der Waals surface area contributed by atoms with E-state index in [9.17, 15) is 20.1 Å². The Morgan fingerprint density at radius 1 is 1.12 bits per heavy atom. The Morgan fingerprint density at radius 2 is 1.80 bits per heavy atom. The quantitative estimate of drug-likeness (QED) is 0.428. The highest BCUT2D eigenvalue weighted by molar-refractivity contribution is 5.85. The average molecular weight is 346 g/mol. The zero-order valence-electron chi connectivity index (χ0n) is 13.8. The molecule has 0 aliphatic rings. The molecule has 0 unspecified atom stereocenters. The van der Waals surface area contributed by atoms with Crippen LogP contribution in [-0.4, -0.2) is 39.1 Å². The summed E-state index contributed by atoms with van der Waals surface area (Å²) in [6.45, 7) is 2.25. The zero-order valence-corrected chi connectivity index (χ0v) is 13.8. The number of hydrogen-bond acceptors (Lipinski definition) is 5. The number of hydrogen-bond donors (Lipinski definition) is 6. The van der Waals surface area contributed by atoms with Gasteiger partial charge < -0.3 is 25.7 Å². The number of amides is 1. The molecule has 0 aromatic heterocycles. The van der Waals surface area contributed by atoms with Gasteiger partial charge >= 0.3 is 6.09 Å². The van der Waals surface area contributed by atoms with Gasteiger partial charge in [-0.15, -0.1) is 0 Å². The Bertz CT molecular complexity index is 718. The van der Waals surface area contributed by atoms with Crippen molar-refractivity contribution in [3.05, 3.63) is 53.6 Å². The molecule has 0 saturated carbocycles. The van der Waals surface area contributed by atoms with E-state index in [0.717, 1.165) is 12.0 Å². The monoisotopic (exact) mass is 346 g/mol. The van der Waals surface area contributed by atoms with Crippen molar-refractivity contribution in [3.8, 4) is 11.5 Å². The van der Waals surface area contributed by atoms with E-state index in [-0.39, 0.29) is 29.8 Å². The minimum absolute atomic E-state index is 0.0289. The predicted octanol–water partition coefficient (Wildman–Crippen LogP) is 2.44. The van der Waals surface area contributed by atoms with E-state index in [1.54, 1.807) is 18.2 Å². The summed E-state index contributed by atoms with van der Waals surface area (Å²) < 4.78 is 0. The Labute approximate surface area is 145 Å². The molecule has 1 amide bonds. The van der Waals surface area contributed by atoms with Gasteiger partial charge in [0.05, 0.1) is 11.8 Å². The van der Waals surface area contributed by atoms with Crippen LogP contribution >= 0.6 is 0 Å². The molecule has 0 bridgehead atoms. The number of benzene rings is 2. The average Bonchev–Trinajstić information content (AvgIpc) is 2.56. The van der Waals surface area contributed by atoms with E-state index in [1.807, 2.05) is 19.1 Å². The topological polar surface area (TPSA) is 122 Å². The molecule has 6 N–H and O–H groups in total. The van der Waals surface area contributed by atoms with Crippen LogP contribution in [0.5, 0.6) is 11.5 Å². The standard InChI is InChI=1S/C18H22N2O5/c1-11(8-12-2-5-14(21)6-3-12)19-10-17(23)13-4-7-16(22)15(9-13)20-18(24)25/h2-7,9,11,17,19-23H,8,10H2,1H3,(H,24,25)/t11-,17-/m1/s1. The second-order valence-electron chi connectivity index (χ2n) is 5.90. The number of aromatic hydroxyl groups is 2. The van der Waals surface area contributed by atoms with Crippen molar-refractivity contribution < 1.29 is 25.2 Å². The van der Waals surface area contributed by atoms with Gasteiger partial charge in [0.25, 0.3) is 0 Å². The van der Waals surface area contributed by atoms with Gasteiger partial charge in [0, 0.05) is 12.6 Å². The van der Waals surface area contributed by atoms with Crippen LogP contribution in [0.15, 0.2) is 42.5 Å². The SMILES string of the molecule is C[C@H](Cc1ccc(O)cc1)NC[C@@H](O)c1ccc(O)c(NC(=O)O)c1. The number of anilines is 1. The minimum Gasteiger partial charge on any atom is -0.508 e. The molecule has 7 heteroatoms. The fourth-order valence-corrected chi connectivity index (χ4v) is 2.46. The van der Waals surface area contributed by atoms with Crippen LogP contribution in [0.4, 0.5) is 10.5 Å². The first-order valence-corrected chi connectivity index (χ1v) is 7.87. The maximum Gasteiger partial charge on any atom is 0.409 e. The van der Waals surface area contributed by atoms with Gasteiger partial charge in [-0.25, -0.2) is 4.79 Å². The van der Waals surface area contributed by atoms with Crippen molar-refractivity contribution in [2.75, 3.05) is 11.9 Å². The highest BCUT2D eigenvalue weighted by Crippen LogP contribution is 2.27. The number of nitrogens with one attached hydrogen (secondary N) is 2. The van der Waals surface area contributed by atoms with Crippen LogP contribution in [0.25, 0.3) is 0 Å². The predicted molar refractivity (Wildman–Crippen MR) is 94.0 cm³/mol. The van der Waals surface area contributed by atoms with Crippen molar-refractivity contribution in [1.82, 2.24) is 5.32 Å². The van der Waals surface area contributed by atoms with Crippen LogP contribution < -0.4 is 10.6 Å². The molecule has 2 aromatic rings.